The van der Waals surface area contributed by atoms with Gasteiger partial charge < -0.3 is 14.9 Å². The molecule has 0 saturated carbocycles. The second-order valence-electron chi connectivity index (χ2n) is 8.97. The molecule has 1 atom stereocenters. The summed E-state index contributed by atoms with van der Waals surface area (Å²) < 4.78 is 0. The van der Waals surface area contributed by atoms with Crippen molar-refractivity contribution in [3.63, 3.8) is 0 Å². The summed E-state index contributed by atoms with van der Waals surface area (Å²) in [5.41, 5.74) is 3.06. The molecule has 5 rings (SSSR count). The van der Waals surface area contributed by atoms with Crippen molar-refractivity contribution >= 4 is 16.7 Å². The first kappa shape index (κ1) is 19.4. The van der Waals surface area contributed by atoms with E-state index in [9.17, 15) is 5.11 Å². The van der Waals surface area contributed by atoms with Crippen LogP contribution in [-0.2, 0) is 0 Å². The quantitative estimate of drug-likeness (QED) is 0.686. The van der Waals surface area contributed by atoms with Crippen molar-refractivity contribution in [2.24, 2.45) is 5.41 Å². The van der Waals surface area contributed by atoms with E-state index in [-0.39, 0.29) is 6.10 Å². The second kappa shape index (κ2) is 7.59. The molecule has 3 aromatic rings. The maximum absolute atomic E-state index is 9.74. The van der Waals surface area contributed by atoms with Crippen molar-refractivity contribution in [3.05, 3.63) is 30.4 Å². The van der Waals surface area contributed by atoms with Gasteiger partial charge in [-0.15, -0.1) is 0 Å². The molecule has 0 radical (unpaired) electrons. The van der Waals surface area contributed by atoms with Crippen LogP contribution in [0.5, 0.6) is 0 Å². The number of aliphatic hydroxyl groups is 1. The molecule has 0 aromatic carbocycles. The number of β-amino-alcohol motifs (C(OH)–C–C–N with tert-alkyl or cyclic N) is 1. The number of nitrogens with one attached hydrogen (secondary N) is 1. The summed E-state index contributed by atoms with van der Waals surface area (Å²) in [6.07, 6.45) is 8.76. The second-order valence-corrected chi connectivity index (χ2v) is 8.97. The van der Waals surface area contributed by atoms with Crippen LogP contribution in [0, 0.1) is 12.3 Å². The minimum absolute atomic E-state index is 0.258. The lowest BCUT2D eigenvalue weighted by molar-refractivity contribution is 0.127. The number of H-pyrrole nitrogens is 1. The van der Waals surface area contributed by atoms with Gasteiger partial charge >= 0.3 is 0 Å². The molecule has 8 heteroatoms. The third-order valence-corrected chi connectivity index (χ3v) is 6.71. The number of aromatic nitrogens is 5. The lowest BCUT2D eigenvalue weighted by atomic mass is 9.77. The molecule has 0 unspecified atom stereocenters. The number of piperidine rings is 1. The number of rotatable bonds is 4. The van der Waals surface area contributed by atoms with Gasteiger partial charge in [0.15, 0.2) is 5.82 Å². The Bertz CT molecular complexity index is 1040. The van der Waals surface area contributed by atoms with E-state index in [0.717, 1.165) is 73.5 Å². The molecule has 1 spiro atoms. The minimum Gasteiger partial charge on any atom is -0.392 e. The van der Waals surface area contributed by atoms with Crippen LogP contribution >= 0.6 is 0 Å². The number of hydrogen-bond acceptors (Lipinski definition) is 7. The van der Waals surface area contributed by atoms with Crippen LogP contribution in [-0.4, -0.2) is 74.0 Å². The van der Waals surface area contributed by atoms with Gasteiger partial charge in [0, 0.05) is 44.0 Å². The van der Waals surface area contributed by atoms with Crippen molar-refractivity contribution in [1.82, 2.24) is 30.0 Å². The third kappa shape index (κ3) is 3.54. The number of aryl methyl sites for hydroxylation is 1. The van der Waals surface area contributed by atoms with Crippen molar-refractivity contribution in [1.29, 1.82) is 0 Å². The predicted molar refractivity (Wildman–Crippen MR) is 116 cm³/mol. The number of nitrogens with zero attached hydrogens (tertiary/aromatic N) is 6. The molecule has 2 fully saturated rings. The lowest BCUT2D eigenvalue weighted by Gasteiger charge is -2.40. The number of fused-ring (bicyclic) bond motifs is 1. The number of hydrogen-bond donors (Lipinski definition) is 2. The summed E-state index contributed by atoms with van der Waals surface area (Å²) in [6, 6.07) is 2.01. The Morgan fingerprint density at radius 2 is 2.00 bits per heavy atom. The molecular formula is C22H29N7O. The van der Waals surface area contributed by atoms with Crippen LogP contribution in [0.15, 0.2) is 24.7 Å². The van der Waals surface area contributed by atoms with Gasteiger partial charge in [0.25, 0.3) is 0 Å². The standard InChI is InChI=1S/C22H29N7O/c1-15(30)13-28-8-4-22(14-28)5-9-29(10-6-22)21-17-3-7-23-12-19(17)25-20(26-21)18-11-24-27-16(18)2/h3,7,11-12,15,30H,4-6,8-10,13-14H2,1-2H3,(H,24,27)/t15-/m0/s1. The first-order valence-electron chi connectivity index (χ1n) is 10.8. The normalized spacial score (nSPS) is 20.3. The number of anilines is 1. The van der Waals surface area contributed by atoms with Gasteiger partial charge in [-0.25, -0.2) is 9.97 Å². The van der Waals surface area contributed by atoms with Crippen LogP contribution in [0.2, 0.25) is 0 Å². The Morgan fingerprint density at radius 1 is 1.20 bits per heavy atom. The number of aromatic amines is 1. The number of aliphatic hydroxyl groups excluding tert-OH is 1. The SMILES string of the molecule is Cc1n[nH]cc1-c1nc(N2CCC3(CCN(C[C@H](C)O)C3)CC2)c2ccncc2n1. The van der Waals surface area contributed by atoms with Gasteiger partial charge in [0.05, 0.1) is 29.1 Å². The number of likely N-dealkylation sites (tertiary alicyclic amines) is 1. The summed E-state index contributed by atoms with van der Waals surface area (Å²) >= 11 is 0. The van der Waals surface area contributed by atoms with E-state index in [1.165, 1.54) is 6.42 Å². The van der Waals surface area contributed by atoms with Crippen LogP contribution in [0.1, 0.15) is 31.9 Å². The topological polar surface area (TPSA) is 94.1 Å². The molecule has 158 valence electrons. The molecule has 2 aliphatic heterocycles. The summed E-state index contributed by atoms with van der Waals surface area (Å²) in [4.78, 5) is 18.8. The zero-order valence-electron chi connectivity index (χ0n) is 17.7. The molecule has 2 aliphatic rings. The van der Waals surface area contributed by atoms with E-state index < -0.39 is 0 Å². The maximum atomic E-state index is 9.74. The maximum Gasteiger partial charge on any atom is 0.165 e. The van der Waals surface area contributed by atoms with Gasteiger partial charge in [-0.05, 0) is 51.1 Å². The van der Waals surface area contributed by atoms with E-state index in [1.54, 1.807) is 0 Å². The zero-order chi connectivity index (χ0) is 20.7. The summed E-state index contributed by atoms with van der Waals surface area (Å²) in [5, 5.41) is 17.9. The van der Waals surface area contributed by atoms with Gasteiger partial charge in [-0.2, -0.15) is 5.10 Å². The van der Waals surface area contributed by atoms with Gasteiger partial charge in [0.1, 0.15) is 5.82 Å². The Labute approximate surface area is 176 Å². The van der Waals surface area contributed by atoms with Gasteiger partial charge in [-0.3, -0.25) is 10.1 Å². The fraction of sp³-hybridized carbons (Fsp3) is 0.545. The average molecular weight is 408 g/mol. The highest BCUT2D eigenvalue weighted by Crippen LogP contribution is 2.42. The average Bonchev–Trinajstić information content (AvgIpc) is 3.34. The smallest absolute Gasteiger partial charge is 0.165 e. The predicted octanol–water partition coefficient (Wildman–Crippen LogP) is 2.40. The largest absolute Gasteiger partial charge is 0.392 e. The van der Waals surface area contributed by atoms with Crippen molar-refractivity contribution in [3.8, 4) is 11.4 Å². The molecule has 5 heterocycles. The van der Waals surface area contributed by atoms with E-state index in [4.69, 9.17) is 9.97 Å². The fourth-order valence-electron chi connectivity index (χ4n) is 5.07. The molecule has 3 aromatic heterocycles. The van der Waals surface area contributed by atoms with Crippen molar-refractivity contribution in [2.75, 3.05) is 37.6 Å². The zero-order valence-corrected chi connectivity index (χ0v) is 17.7. The lowest BCUT2D eigenvalue weighted by Crippen LogP contribution is -2.42. The van der Waals surface area contributed by atoms with Crippen LogP contribution in [0.3, 0.4) is 0 Å². The molecule has 2 saturated heterocycles. The van der Waals surface area contributed by atoms with Crippen LogP contribution in [0.4, 0.5) is 5.82 Å². The van der Waals surface area contributed by atoms with Crippen molar-refractivity contribution < 1.29 is 5.11 Å². The van der Waals surface area contributed by atoms with E-state index in [2.05, 4.69) is 25.0 Å². The molecule has 0 aliphatic carbocycles. The van der Waals surface area contributed by atoms with E-state index in [1.807, 2.05) is 38.5 Å². The van der Waals surface area contributed by atoms with Gasteiger partial charge in [-0.1, -0.05) is 0 Å². The minimum atomic E-state index is -0.258. The fourth-order valence-corrected chi connectivity index (χ4v) is 5.07. The van der Waals surface area contributed by atoms with Crippen LogP contribution in [0.25, 0.3) is 22.3 Å². The number of pyridine rings is 1. The molecule has 0 amide bonds. The molecular weight excluding hydrogens is 378 g/mol. The van der Waals surface area contributed by atoms with E-state index >= 15 is 0 Å². The van der Waals surface area contributed by atoms with E-state index in [0.29, 0.717) is 11.2 Å². The Kier molecular flexibility index (Phi) is 4.91. The highest BCUT2D eigenvalue weighted by molar-refractivity contribution is 5.90. The first-order chi connectivity index (χ1) is 14.5. The van der Waals surface area contributed by atoms with Crippen molar-refractivity contribution in [2.45, 2.75) is 39.2 Å². The Morgan fingerprint density at radius 3 is 2.73 bits per heavy atom. The van der Waals surface area contributed by atoms with Crippen LogP contribution < -0.4 is 4.90 Å². The summed E-state index contributed by atoms with van der Waals surface area (Å²) in [6.45, 7) is 8.79. The summed E-state index contributed by atoms with van der Waals surface area (Å²) in [5.74, 6) is 1.69. The first-order valence-corrected chi connectivity index (χ1v) is 10.8. The third-order valence-electron chi connectivity index (χ3n) is 6.71. The Hall–Kier alpha value is -2.58. The monoisotopic (exact) mass is 407 g/mol. The highest BCUT2D eigenvalue weighted by atomic mass is 16.3. The summed E-state index contributed by atoms with van der Waals surface area (Å²) in [7, 11) is 0. The molecule has 8 nitrogen and oxygen atoms in total. The van der Waals surface area contributed by atoms with Gasteiger partial charge in [0.2, 0.25) is 0 Å². The Balaban J connectivity index is 1.41. The molecule has 2 N–H and O–H groups in total. The molecule has 0 bridgehead atoms. The highest BCUT2D eigenvalue weighted by Gasteiger charge is 2.41. The molecule has 30 heavy (non-hydrogen) atoms.